The van der Waals surface area contributed by atoms with E-state index in [9.17, 15) is 13.2 Å². The second kappa shape index (κ2) is 11.9. The Labute approximate surface area is 202 Å². The number of hydrogen-bond donors (Lipinski definition) is 1. The lowest BCUT2D eigenvalue weighted by Crippen LogP contribution is -2.25. The summed E-state index contributed by atoms with van der Waals surface area (Å²) in [4.78, 5) is 20.8. The maximum Gasteiger partial charge on any atom is 0.307 e. The van der Waals surface area contributed by atoms with E-state index in [4.69, 9.17) is 9.26 Å². The quantitative estimate of drug-likeness (QED) is 0.454. The van der Waals surface area contributed by atoms with Crippen molar-refractivity contribution in [3.05, 3.63) is 36.1 Å². The number of aromatic nitrogens is 3. The van der Waals surface area contributed by atoms with E-state index in [0.29, 0.717) is 5.89 Å². The minimum atomic E-state index is -3.79. The summed E-state index contributed by atoms with van der Waals surface area (Å²) >= 11 is 0. The fraction of sp³-hybridized carbons (Fsp3) is 0.667. The van der Waals surface area contributed by atoms with Gasteiger partial charge in [-0.3, -0.25) is 4.79 Å². The third-order valence-electron chi connectivity index (χ3n) is 5.89. The van der Waals surface area contributed by atoms with Gasteiger partial charge in [-0.2, -0.15) is 4.98 Å². The largest absolute Gasteiger partial charge is 0.460 e. The SMILES string of the molecule is CC(C)(C)OC(=O)C[C@@H](CCCC1CCCCC1)c1nc(CNS(=O)(=O)c2ccccn2)no1. The molecule has 10 heteroatoms. The van der Waals surface area contributed by atoms with Crippen molar-refractivity contribution < 1.29 is 22.5 Å². The second-order valence-electron chi connectivity index (χ2n) is 9.96. The molecule has 34 heavy (non-hydrogen) atoms. The number of ether oxygens (including phenoxy) is 1. The third kappa shape index (κ3) is 8.47. The monoisotopic (exact) mass is 492 g/mol. The Hall–Kier alpha value is -2.33. The zero-order chi connectivity index (χ0) is 24.6. The van der Waals surface area contributed by atoms with Gasteiger partial charge >= 0.3 is 5.97 Å². The molecule has 9 nitrogen and oxygen atoms in total. The lowest BCUT2D eigenvalue weighted by molar-refractivity contribution is -0.155. The van der Waals surface area contributed by atoms with Crippen LogP contribution < -0.4 is 4.72 Å². The molecule has 1 aliphatic rings. The smallest absolute Gasteiger partial charge is 0.307 e. The molecule has 2 aromatic heterocycles. The summed E-state index contributed by atoms with van der Waals surface area (Å²) in [6, 6.07) is 4.65. The highest BCUT2D eigenvalue weighted by atomic mass is 32.2. The zero-order valence-corrected chi connectivity index (χ0v) is 21.1. The van der Waals surface area contributed by atoms with Crippen LogP contribution in [0.4, 0.5) is 0 Å². The Morgan fingerprint density at radius 1 is 1.24 bits per heavy atom. The minimum absolute atomic E-state index is 0.0794. The average molecular weight is 493 g/mol. The zero-order valence-electron chi connectivity index (χ0n) is 20.3. The molecule has 0 unspecified atom stereocenters. The van der Waals surface area contributed by atoms with Crippen LogP contribution in [-0.2, 0) is 26.1 Å². The summed E-state index contributed by atoms with van der Waals surface area (Å²) < 4.78 is 38.2. The van der Waals surface area contributed by atoms with Gasteiger partial charge in [-0.15, -0.1) is 0 Å². The van der Waals surface area contributed by atoms with Gasteiger partial charge < -0.3 is 9.26 Å². The molecule has 1 aliphatic carbocycles. The number of hydrogen-bond acceptors (Lipinski definition) is 8. The maximum absolute atomic E-state index is 12.5. The van der Waals surface area contributed by atoms with E-state index in [-0.39, 0.29) is 35.7 Å². The van der Waals surface area contributed by atoms with Crippen LogP contribution in [-0.4, -0.2) is 35.1 Å². The average Bonchev–Trinajstić information content (AvgIpc) is 3.26. The van der Waals surface area contributed by atoms with Crippen LogP contribution in [0.1, 0.15) is 96.2 Å². The van der Waals surface area contributed by atoms with E-state index in [1.165, 1.54) is 44.4 Å². The van der Waals surface area contributed by atoms with Crippen molar-refractivity contribution in [3.8, 4) is 0 Å². The van der Waals surface area contributed by atoms with Gasteiger partial charge in [0.05, 0.1) is 13.0 Å². The van der Waals surface area contributed by atoms with Gasteiger partial charge in [0.1, 0.15) is 5.60 Å². The second-order valence-corrected chi connectivity index (χ2v) is 11.7. The number of sulfonamides is 1. The Morgan fingerprint density at radius 3 is 2.68 bits per heavy atom. The molecule has 3 rings (SSSR count). The van der Waals surface area contributed by atoms with Gasteiger partial charge in [-0.1, -0.05) is 56.2 Å². The molecular weight excluding hydrogens is 456 g/mol. The third-order valence-corrected chi connectivity index (χ3v) is 7.21. The summed E-state index contributed by atoms with van der Waals surface area (Å²) in [5, 5.41) is 3.85. The number of rotatable bonds is 11. The Kier molecular flexibility index (Phi) is 9.18. The predicted molar refractivity (Wildman–Crippen MR) is 126 cm³/mol. The van der Waals surface area contributed by atoms with E-state index in [1.807, 2.05) is 20.8 Å². The Balaban J connectivity index is 1.62. The lowest BCUT2D eigenvalue weighted by Gasteiger charge is -2.23. The maximum atomic E-state index is 12.5. The van der Waals surface area contributed by atoms with Gasteiger partial charge in [0.15, 0.2) is 10.9 Å². The van der Waals surface area contributed by atoms with Crippen LogP contribution in [0.25, 0.3) is 0 Å². The standard InChI is InChI=1S/C24H36N4O5S/c1-24(2,3)32-22(29)16-19(13-9-12-18-10-5-4-6-11-18)23-27-20(28-33-23)17-26-34(30,31)21-14-7-8-15-25-21/h7-8,14-15,18-19,26H,4-6,9-13,16-17H2,1-3H3/t19-/m1/s1. The molecule has 188 valence electrons. The molecule has 1 atom stereocenters. The molecule has 0 bridgehead atoms. The molecule has 1 N–H and O–H groups in total. The van der Waals surface area contributed by atoms with Gasteiger partial charge in [-0.05, 0) is 45.2 Å². The minimum Gasteiger partial charge on any atom is -0.460 e. The number of nitrogens with one attached hydrogen (secondary N) is 1. The van der Waals surface area contributed by atoms with Crippen molar-refractivity contribution in [3.63, 3.8) is 0 Å². The van der Waals surface area contributed by atoms with Crippen LogP contribution in [0, 0.1) is 5.92 Å². The predicted octanol–water partition coefficient (Wildman–Crippen LogP) is 4.51. The first kappa shape index (κ1) is 26.3. The van der Waals surface area contributed by atoms with Crippen molar-refractivity contribution in [1.82, 2.24) is 19.8 Å². The van der Waals surface area contributed by atoms with Crippen molar-refractivity contribution in [2.24, 2.45) is 5.92 Å². The molecule has 0 radical (unpaired) electrons. The molecule has 1 fully saturated rings. The van der Waals surface area contributed by atoms with E-state index in [0.717, 1.165) is 25.2 Å². The van der Waals surface area contributed by atoms with Gasteiger partial charge in [0, 0.05) is 12.1 Å². The summed E-state index contributed by atoms with van der Waals surface area (Å²) in [5.74, 6) is 0.700. The summed E-state index contributed by atoms with van der Waals surface area (Å²) in [6.45, 7) is 5.37. The van der Waals surface area contributed by atoms with Gasteiger partial charge in [-0.25, -0.2) is 18.1 Å². The molecule has 0 aliphatic heterocycles. The highest BCUT2D eigenvalue weighted by Gasteiger charge is 2.27. The summed E-state index contributed by atoms with van der Waals surface area (Å²) in [6.07, 6.45) is 10.8. The number of carbonyl (C=O) groups is 1. The molecule has 0 aromatic carbocycles. The number of nitrogens with zero attached hydrogens (tertiary/aromatic N) is 3. The van der Waals surface area contributed by atoms with E-state index < -0.39 is 15.6 Å². The molecule has 0 spiro atoms. The first-order valence-corrected chi connectivity index (χ1v) is 13.6. The lowest BCUT2D eigenvalue weighted by atomic mass is 9.84. The number of pyridine rings is 1. The molecule has 2 aromatic rings. The van der Waals surface area contributed by atoms with Crippen LogP contribution in [0.15, 0.2) is 33.9 Å². The molecule has 0 amide bonds. The molecule has 1 saturated carbocycles. The molecular formula is C24H36N4O5S. The van der Waals surface area contributed by atoms with E-state index in [2.05, 4.69) is 19.8 Å². The summed E-state index contributed by atoms with van der Waals surface area (Å²) in [7, 11) is -3.79. The van der Waals surface area contributed by atoms with Crippen LogP contribution in [0.5, 0.6) is 0 Å². The first-order chi connectivity index (χ1) is 16.1. The van der Waals surface area contributed by atoms with Gasteiger partial charge in [0.25, 0.3) is 10.0 Å². The van der Waals surface area contributed by atoms with Gasteiger partial charge in [0.2, 0.25) is 5.89 Å². The van der Waals surface area contributed by atoms with Crippen molar-refractivity contribution in [2.45, 2.75) is 102 Å². The van der Waals surface area contributed by atoms with E-state index in [1.54, 1.807) is 12.1 Å². The highest BCUT2D eigenvalue weighted by molar-refractivity contribution is 7.89. The Morgan fingerprint density at radius 2 is 2.00 bits per heavy atom. The van der Waals surface area contributed by atoms with Crippen LogP contribution in [0.2, 0.25) is 0 Å². The van der Waals surface area contributed by atoms with Crippen molar-refractivity contribution >= 4 is 16.0 Å². The topological polar surface area (TPSA) is 124 Å². The van der Waals surface area contributed by atoms with E-state index >= 15 is 0 Å². The van der Waals surface area contributed by atoms with Crippen LogP contribution >= 0.6 is 0 Å². The Bertz CT molecular complexity index is 1010. The first-order valence-electron chi connectivity index (χ1n) is 12.1. The fourth-order valence-electron chi connectivity index (χ4n) is 4.27. The number of carbonyl (C=O) groups excluding carboxylic acids is 1. The highest BCUT2D eigenvalue weighted by Crippen LogP contribution is 2.31. The summed E-state index contributed by atoms with van der Waals surface area (Å²) in [5.41, 5.74) is -0.576. The molecule has 2 heterocycles. The fourth-order valence-corrected chi connectivity index (χ4v) is 5.19. The van der Waals surface area contributed by atoms with Crippen LogP contribution in [0.3, 0.4) is 0 Å². The molecule has 0 saturated heterocycles. The van der Waals surface area contributed by atoms with Crippen molar-refractivity contribution in [1.29, 1.82) is 0 Å². The normalized spacial score (nSPS) is 16.3. The van der Waals surface area contributed by atoms with Crippen molar-refractivity contribution in [2.75, 3.05) is 0 Å². The number of esters is 1.